The molecule has 0 saturated heterocycles. The van der Waals surface area contributed by atoms with Crippen molar-refractivity contribution in [3.8, 4) is 0 Å². The fourth-order valence-corrected chi connectivity index (χ4v) is 2.27. The van der Waals surface area contributed by atoms with Gasteiger partial charge in [0.1, 0.15) is 0 Å². The summed E-state index contributed by atoms with van der Waals surface area (Å²) in [7, 11) is 0. The highest BCUT2D eigenvalue weighted by molar-refractivity contribution is 5.94. The number of fused-ring (bicyclic) bond motifs is 1. The molecule has 1 aromatic carbocycles. The molecule has 1 aliphatic rings. The van der Waals surface area contributed by atoms with Gasteiger partial charge < -0.3 is 15.4 Å². The number of hydrogen-bond donors (Lipinski definition) is 2. The first-order valence-corrected chi connectivity index (χ1v) is 6.76. The predicted octanol–water partition coefficient (Wildman–Crippen LogP) is 1.83. The molecule has 104 valence electrons. The third kappa shape index (κ3) is 3.55. The lowest BCUT2D eigenvalue weighted by Crippen LogP contribution is -2.40. The summed E-state index contributed by atoms with van der Waals surface area (Å²) in [6.07, 6.45) is 0. The molecule has 4 heteroatoms. The van der Waals surface area contributed by atoms with Crippen molar-refractivity contribution in [2.45, 2.75) is 39.5 Å². The van der Waals surface area contributed by atoms with Crippen molar-refractivity contribution in [3.05, 3.63) is 34.9 Å². The Morgan fingerprint density at radius 3 is 2.84 bits per heavy atom. The summed E-state index contributed by atoms with van der Waals surface area (Å²) in [6, 6.07) is 5.88. The predicted molar refractivity (Wildman–Crippen MR) is 75.0 cm³/mol. The molecular formula is C15H22N2O2. The van der Waals surface area contributed by atoms with E-state index in [-0.39, 0.29) is 11.5 Å². The zero-order valence-corrected chi connectivity index (χ0v) is 11.9. The van der Waals surface area contributed by atoms with Gasteiger partial charge in [-0.25, -0.2) is 0 Å². The lowest BCUT2D eigenvalue weighted by Gasteiger charge is -2.24. The second-order valence-electron chi connectivity index (χ2n) is 5.46. The van der Waals surface area contributed by atoms with Gasteiger partial charge in [-0.05, 0) is 44.0 Å². The lowest BCUT2D eigenvalue weighted by molar-refractivity contribution is -0.00815. The molecule has 19 heavy (non-hydrogen) atoms. The van der Waals surface area contributed by atoms with Crippen molar-refractivity contribution in [2.24, 2.45) is 0 Å². The Bertz CT molecular complexity index is 469. The lowest BCUT2D eigenvalue weighted by atomic mass is 10.1. The van der Waals surface area contributed by atoms with Crippen molar-refractivity contribution < 1.29 is 9.53 Å². The molecule has 0 unspecified atom stereocenters. The molecule has 2 rings (SSSR count). The Labute approximate surface area is 114 Å². The Kier molecular flexibility index (Phi) is 4.22. The van der Waals surface area contributed by atoms with Crippen molar-refractivity contribution in [2.75, 3.05) is 13.2 Å². The maximum absolute atomic E-state index is 12.1. The first-order valence-electron chi connectivity index (χ1n) is 6.76. The highest BCUT2D eigenvalue weighted by atomic mass is 16.5. The van der Waals surface area contributed by atoms with E-state index in [1.54, 1.807) is 0 Å². The second-order valence-corrected chi connectivity index (χ2v) is 5.46. The molecule has 1 aliphatic heterocycles. The highest BCUT2D eigenvalue weighted by Crippen LogP contribution is 2.17. The second kappa shape index (κ2) is 5.72. The number of carbonyl (C=O) groups excluding carboxylic acids is 1. The minimum absolute atomic E-state index is 0.0394. The van der Waals surface area contributed by atoms with Crippen LogP contribution in [-0.4, -0.2) is 24.7 Å². The average Bonchev–Trinajstić information content (AvgIpc) is 2.83. The van der Waals surface area contributed by atoms with Crippen LogP contribution in [0.4, 0.5) is 0 Å². The summed E-state index contributed by atoms with van der Waals surface area (Å²) in [5.74, 6) is -0.0394. The van der Waals surface area contributed by atoms with Crippen LogP contribution in [0.1, 0.15) is 42.3 Å². The monoisotopic (exact) mass is 262 g/mol. The van der Waals surface area contributed by atoms with Gasteiger partial charge >= 0.3 is 0 Å². The molecule has 1 amide bonds. The van der Waals surface area contributed by atoms with Crippen molar-refractivity contribution >= 4 is 5.91 Å². The zero-order valence-electron chi connectivity index (χ0n) is 11.9. The van der Waals surface area contributed by atoms with E-state index in [9.17, 15) is 4.79 Å². The first-order chi connectivity index (χ1) is 9.02. The standard InChI is InChI=1S/C15H22N2O2/c1-4-19-15(2,3)10-17-14(18)11-5-6-12-8-16-9-13(12)7-11/h5-7,16H,4,8-10H2,1-3H3,(H,17,18). The Hall–Kier alpha value is -1.39. The molecule has 1 aromatic rings. The summed E-state index contributed by atoms with van der Waals surface area (Å²) in [6.45, 7) is 8.81. The molecule has 2 N–H and O–H groups in total. The molecule has 4 nitrogen and oxygen atoms in total. The van der Waals surface area contributed by atoms with Gasteiger partial charge in [0, 0.05) is 31.8 Å². The molecule has 0 radical (unpaired) electrons. The number of ether oxygens (including phenoxy) is 1. The van der Waals surface area contributed by atoms with E-state index < -0.39 is 0 Å². The fraction of sp³-hybridized carbons (Fsp3) is 0.533. The topological polar surface area (TPSA) is 50.4 Å². The van der Waals surface area contributed by atoms with Gasteiger partial charge in [0.15, 0.2) is 0 Å². The largest absolute Gasteiger partial charge is 0.374 e. The Balaban J connectivity index is 1.97. The number of benzene rings is 1. The maximum Gasteiger partial charge on any atom is 0.251 e. The molecule has 0 saturated carbocycles. The van der Waals surface area contributed by atoms with Crippen LogP contribution >= 0.6 is 0 Å². The molecular weight excluding hydrogens is 240 g/mol. The number of nitrogens with one attached hydrogen (secondary N) is 2. The molecule has 1 heterocycles. The van der Waals surface area contributed by atoms with E-state index in [4.69, 9.17) is 4.74 Å². The minimum Gasteiger partial charge on any atom is -0.374 e. The van der Waals surface area contributed by atoms with Crippen LogP contribution in [-0.2, 0) is 17.8 Å². The number of amides is 1. The molecule has 0 aromatic heterocycles. The SMILES string of the molecule is CCOC(C)(C)CNC(=O)c1ccc2c(c1)CNC2. The fourth-order valence-electron chi connectivity index (χ4n) is 2.27. The van der Waals surface area contributed by atoms with Crippen molar-refractivity contribution in [3.63, 3.8) is 0 Å². The molecule has 0 aliphatic carbocycles. The Morgan fingerprint density at radius 1 is 1.37 bits per heavy atom. The third-order valence-corrected chi connectivity index (χ3v) is 3.31. The minimum atomic E-state index is -0.331. The number of carbonyl (C=O) groups is 1. The van der Waals surface area contributed by atoms with Gasteiger partial charge in [-0.3, -0.25) is 4.79 Å². The van der Waals surface area contributed by atoms with Crippen LogP contribution in [0.5, 0.6) is 0 Å². The van der Waals surface area contributed by atoms with Gasteiger partial charge in [-0.2, -0.15) is 0 Å². The van der Waals surface area contributed by atoms with Gasteiger partial charge in [-0.15, -0.1) is 0 Å². The van der Waals surface area contributed by atoms with E-state index in [0.29, 0.717) is 13.2 Å². The average molecular weight is 262 g/mol. The molecule has 0 fully saturated rings. The third-order valence-electron chi connectivity index (χ3n) is 3.31. The van der Waals surface area contributed by atoms with Crippen LogP contribution in [0.3, 0.4) is 0 Å². The van der Waals surface area contributed by atoms with Gasteiger partial charge in [0.05, 0.1) is 5.60 Å². The Morgan fingerprint density at radius 2 is 2.11 bits per heavy atom. The van der Waals surface area contributed by atoms with E-state index in [0.717, 1.165) is 18.7 Å². The quantitative estimate of drug-likeness (QED) is 0.851. The van der Waals surface area contributed by atoms with Crippen molar-refractivity contribution in [1.82, 2.24) is 10.6 Å². The summed E-state index contributed by atoms with van der Waals surface area (Å²) in [4.78, 5) is 12.1. The van der Waals surface area contributed by atoms with E-state index in [1.807, 2.05) is 39.0 Å². The maximum atomic E-state index is 12.1. The van der Waals surface area contributed by atoms with Crippen molar-refractivity contribution in [1.29, 1.82) is 0 Å². The van der Waals surface area contributed by atoms with E-state index in [1.165, 1.54) is 11.1 Å². The highest BCUT2D eigenvalue weighted by Gasteiger charge is 2.19. The normalized spacial score (nSPS) is 14.3. The number of hydrogen-bond acceptors (Lipinski definition) is 3. The summed E-state index contributed by atoms with van der Waals surface area (Å²) in [5.41, 5.74) is 2.89. The first kappa shape index (κ1) is 14.0. The van der Waals surface area contributed by atoms with Gasteiger partial charge in [-0.1, -0.05) is 6.07 Å². The van der Waals surface area contributed by atoms with Gasteiger partial charge in [0.2, 0.25) is 0 Å². The molecule has 0 atom stereocenters. The number of rotatable bonds is 5. The van der Waals surface area contributed by atoms with E-state index >= 15 is 0 Å². The van der Waals surface area contributed by atoms with Gasteiger partial charge in [0.25, 0.3) is 5.91 Å². The molecule has 0 spiro atoms. The zero-order chi connectivity index (χ0) is 13.9. The van der Waals surface area contributed by atoms with E-state index in [2.05, 4.69) is 10.6 Å². The van der Waals surface area contributed by atoms with Crippen LogP contribution in [0.15, 0.2) is 18.2 Å². The van der Waals surface area contributed by atoms with Crippen LogP contribution in [0.25, 0.3) is 0 Å². The van der Waals surface area contributed by atoms with Crippen LogP contribution < -0.4 is 10.6 Å². The van der Waals surface area contributed by atoms with Crippen LogP contribution in [0.2, 0.25) is 0 Å². The van der Waals surface area contributed by atoms with Crippen LogP contribution in [0, 0.1) is 0 Å². The summed E-state index contributed by atoms with van der Waals surface area (Å²) < 4.78 is 5.56. The molecule has 0 bridgehead atoms. The smallest absolute Gasteiger partial charge is 0.251 e. The summed E-state index contributed by atoms with van der Waals surface area (Å²) in [5, 5.41) is 6.21. The summed E-state index contributed by atoms with van der Waals surface area (Å²) >= 11 is 0.